The minimum absolute atomic E-state index is 0.0408. The third-order valence-electron chi connectivity index (χ3n) is 5.48. The highest BCUT2D eigenvalue weighted by molar-refractivity contribution is 5.99. The number of likely N-dealkylation sites (tertiary alicyclic amines) is 1. The van der Waals surface area contributed by atoms with E-state index in [1.54, 1.807) is 6.26 Å². The fourth-order valence-electron chi connectivity index (χ4n) is 3.84. The number of aromatic amines is 1. The Morgan fingerprint density at radius 3 is 2.81 bits per heavy atom. The highest BCUT2D eigenvalue weighted by Gasteiger charge is 2.26. The molecule has 136 valence electrons. The molecule has 1 aromatic carbocycles. The van der Waals surface area contributed by atoms with Crippen molar-refractivity contribution in [2.75, 3.05) is 19.6 Å². The van der Waals surface area contributed by atoms with E-state index in [1.807, 2.05) is 30.3 Å². The summed E-state index contributed by atoms with van der Waals surface area (Å²) in [6.45, 7) is 6.79. The molecule has 1 atom stereocenters. The number of carbonyl (C=O) groups excluding carboxylic acids is 1. The van der Waals surface area contributed by atoms with Crippen LogP contribution in [0.1, 0.15) is 46.3 Å². The maximum Gasteiger partial charge on any atom is 0.251 e. The van der Waals surface area contributed by atoms with Gasteiger partial charge in [-0.25, -0.2) is 0 Å². The molecule has 26 heavy (non-hydrogen) atoms. The minimum atomic E-state index is -0.0408. The van der Waals surface area contributed by atoms with Crippen molar-refractivity contribution in [2.24, 2.45) is 0 Å². The fraction of sp³-hybridized carbons (Fsp3) is 0.381. The lowest BCUT2D eigenvalue weighted by molar-refractivity contribution is 0.0934. The number of nitrogens with one attached hydrogen (secondary N) is 2. The number of H-pyrrole nitrogens is 1. The maximum atomic E-state index is 12.7. The Morgan fingerprint density at radius 2 is 2.08 bits per heavy atom. The normalized spacial score (nSPS) is 16.2. The molecule has 4 rings (SSSR count). The summed E-state index contributed by atoms with van der Waals surface area (Å²) in [5.41, 5.74) is 4.10. The molecule has 0 saturated carbocycles. The molecule has 0 spiro atoms. The number of nitrogens with zero attached hydrogens (tertiary/aromatic N) is 1. The van der Waals surface area contributed by atoms with Crippen molar-refractivity contribution >= 4 is 16.8 Å². The molecule has 1 aliphatic heterocycles. The first-order valence-corrected chi connectivity index (χ1v) is 9.28. The fourth-order valence-corrected chi connectivity index (χ4v) is 3.84. The van der Waals surface area contributed by atoms with E-state index in [2.05, 4.69) is 29.0 Å². The zero-order valence-corrected chi connectivity index (χ0v) is 15.3. The van der Waals surface area contributed by atoms with Gasteiger partial charge in [-0.1, -0.05) is 0 Å². The van der Waals surface area contributed by atoms with Crippen LogP contribution in [-0.2, 0) is 0 Å². The molecule has 0 bridgehead atoms. The number of hydrogen-bond acceptors (Lipinski definition) is 3. The van der Waals surface area contributed by atoms with Crippen LogP contribution in [0.15, 0.2) is 41.0 Å². The Kier molecular flexibility index (Phi) is 4.55. The van der Waals surface area contributed by atoms with Crippen LogP contribution in [-0.4, -0.2) is 35.4 Å². The zero-order valence-electron chi connectivity index (χ0n) is 15.3. The molecule has 2 aromatic heterocycles. The van der Waals surface area contributed by atoms with Gasteiger partial charge in [0.05, 0.1) is 12.3 Å². The summed E-state index contributed by atoms with van der Waals surface area (Å²) in [6.07, 6.45) is 4.10. The Hall–Kier alpha value is -2.53. The molecular formula is C21H25N3O2. The summed E-state index contributed by atoms with van der Waals surface area (Å²) in [6, 6.07) is 9.83. The largest absolute Gasteiger partial charge is 0.468 e. The first-order chi connectivity index (χ1) is 12.6. The van der Waals surface area contributed by atoms with Crippen molar-refractivity contribution in [1.29, 1.82) is 0 Å². The van der Waals surface area contributed by atoms with Crippen LogP contribution in [0.25, 0.3) is 10.9 Å². The Balaban J connectivity index is 1.50. The SMILES string of the molecule is Cc1[nH]c2ccc(C(=O)NC[C@@H](c3ccco3)N3CCCC3)cc2c1C. The third-order valence-corrected chi connectivity index (χ3v) is 5.48. The molecule has 0 aliphatic carbocycles. The number of fused-ring (bicyclic) bond motifs is 1. The van der Waals surface area contributed by atoms with Gasteiger partial charge in [0.1, 0.15) is 5.76 Å². The van der Waals surface area contributed by atoms with Crippen LogP contribution in [0.3, 0.4) is 0 Å². The molecule has 1 fully saturated rings. The van der Waals surface area contributed by atoms with Gasteiger partial charge in [0.15, 0.2) is 0 Å². The van der Waals surface area contributed by atoms with Crippen LogP contribution in [0.4, 0.5) is 0 Å². The average Bonchev–Trinajstić information content (AvgIpc) is 3.39. The van der Waals surface area contributed by atoms with Crippen molar-refractivity contribution < 1.29 is 9.21 Å². The molecule has 5 nitrogen and oxygen atoms in total. The number of benzene rings is 1. The van der Waals surface area contributed by atoms with Gasteiger partial charge in [-0.05, 0) is 75.7 Å². The van der Waals surface area contributed by atoms with E-state index in [9.17, 15) is 4.79 Å². The van der Waals surface area contributed by atoms with E-state index in [0.29, 0.717) is 12.1 Å². The number of rotatable bonds is 5. The summed E-state index contributed by atoms with van der Waals surface area (Å²) in [5.74, 6) is 0.876. The standard InChI is InChI=1S/C21H25N3O2/c1-14-15(2)23-18-8-7-16(12-17(14)18)21(25)22-13-19(20-6-5-11-26-20)24-9-3-4-10-24/h5-8,11-12,19,23H,3-4,9-10,13H2,1-2H3,(H,22,25)/t19-/m0/s1. The van der Waals surface area contributed by atoms with E-state index in [4.69, 9.17) is 4.42 Å². The molecule has 3 aromatic rings. The van der Waals surface area contributed by atoms with Gasteiger partial charge < -0.3 is 14.7 Å². The first kappa shape index (κ1) is 16.9. The Labute approximate surface area is 153 Å². The summed E-state index contributed by atoms with van der Waals surface area (Å²) in [7, 11) is 0. The second-order valence-corrected chi connectivity index (χ2v) is 7.12. The summed E-state index contributed by atoms with van der Waals surface area (Å²) in [4.78, 5) is 18.5. The second-order valence-electron chi connectivity index (χ2n) is 7.12. The number of aromatic nitrogens is 1. The van der Waals surface area contributed by atoms with Gasteiger partial charge in [-0.2, -0.15) is 0 Å². The van der Waals surface area contributed by atoms with Gasteiger partial charge in [0, 0.05) is 28.7 Å². The van der Waals surface area contributed by atoms with Gasteiger partial charge in [-0.3, -0.25) is 9.69 Å². The number of hydrogen-bond donors (Lipinski definition) is 2. The second kappa shape index (κ2) is 7.00. The van der Waals surface area contributed by atoms with Crippen LogP contribution in [0.2, 0.25) is 0 Å². The van der Waals surface area contributed by atoms with Crippen molar-refractivity contribution in [3.05, 3.63) is 59.2 Å². The molecule has 1 aliphatic rings. The Bertz CT molecular complexity index is 905. The quantitative estimate of drug-likeness (QED) is 0.732. The molecule has 3 heterocycles. The molecule has 0 unspecified atom stereocenters. The lowest BCUT2D eigenvalue weighted by atomic mass is 10.1. The van der Waals surface area contributed by atoms with Crippen molar-refractivity contribution in [1.82, 2.24) is 15.2 Å². The lowest BCUT2D eigenvalue weighted by Gasteiger charge is -2.26. The van der Waals surface area contributed by atoms with Crippen LogP contribution in [0, 0.1) is 13.8 Å². The number of furan rings is 1. The molecule has 5 heteroatoms. The number of carbonyl (C=O) groups is 1. The summed E-state index contributed by atoms with van der Waals surface area (Å²) in [5, 5.41) is 4.21. The van der Waals surface area contributed by atoms with Crippen molar-refractivity contribution in [3.63, 3.8) is 0 Å². The van der Waals surface area contributed by atoms with Crippen molar-refractivity contribution in [2.45, 2.75) is 32.7 Å². The molecule has 1 saturated heterocycles. The maximum absolute atomic E-state index is 12.7. The van der Waals surface area contributed by atoms with E-state index in [-0.39, 0.29) is 11.9 Å². The van der Waals surface area contributed by atoms with E-state index < -0.39 is 0 Å². The summed E-state index contributed by atoms with van der Waals surface area (Å²) < 4.78 is 5.63. The topological polar surface area (TPSA) is 61.3 Å². The average molecular weight is 351 g/mol. The van der Waals surface area contributed by atoms with Gasteiger partial charge in [0.25, 0.3) is 5.91 Å². The van der Waals surface area contributed by atoms with Gasteiger partial charge >= 0.3 is 0 Å². The monoisotopic (exact) mass is 351 g/mol. The lowest BCUT2D eigenvalue weighted by Crippen LogP contribution is -2.36. The van der Waals surface area contributed by atoms with Crippen molar-refractivity contribution in [3.8, 4) is 0 Å². The number of aryl methyl sites for hydroxylation is 2. The van der Waals surface area contributed by atoms with Gasteiger partial charge in [-0.15, -0.1) is 0 Å². The smallest absolute Gasteiger partial charge is 0.251 e. The summed E-state index contributed by atoms with van der Waals surface area (Å²) >= 11 is 0. The van der Waals surface area contributed by atoms with E-state index >= 15 is 0 Å². The molecular weight excluding hydrogens is 326 g/mol. The zero-order chi connectivity index (χ0) is 18.1. The Morgan fingerprint density at radius 1 is 1.27 bits per heavy atom. The van der Waals surface area contributed by atoms with Crippen LogP contribution in [0.5, 0.6) is 0 Å². The predicted octanol–water partition coefficient (Wildman–Crippen LogP) is 3.94. The first-order valence-electron chi connectivity index (χ1n) is 9.28. The molecule has 1 amide bonds. The highest BCUT2D eigenvalue weighted by Crippen LogP contribution is 2.25. The minimum Gasteiger partial charge on any atom is -0.468 e. The van der Waals surface area contributed by atoms with E-state index in [1.165, 1.54) is 18.4 Å². The number of amides is 1. The highest BCUT2D eigenvalue weighted by atomic mass is 16.3. The van der Waals surface area contributed by atoms with E-state index in [0.717, 1.165) is 35.4 Å². The van der Waals surface area contributed by atoms with Gasteiger partial charge in [0.2, 0.25) is 0 Å². The van der Waals surface area contributed by atoms with Crippen LogP contribution >= 0.6 is 0 Å². The third kappa shape index (κ3) is 3.15. The molecule has 2 N–H and O–H groups in total. The van der Waals surface area contributed by atoms with Crippen LogP contribution < -0.4 is 5.32 Å². The molecule has 0 radical (unpaired) electrons. The predicted molar refractivity (Wildman–Crippen MR) is 102 cm³/mol.